The zero-order valence-corrected chi connectivity index (χ0v) is 18.1. The maximum atomic E-state index is 13.1. The lowest BCUT2D eigenvalue weighted by Gasteiger charge is -2.38. The fourth-order valence-corrected chi connectivity index (χ4v) is 6.46. The Morgan fingerprint density at radius 2 is 1.60 bits per heavy atom. The van der Waals surface area contributed by atoms with E-state index in [1.54, 1.807) is 24.3 Å². The number of carbonyl (C=O) groups is 1. The summed E-state index contributed by atoms with van der Waals surface area (Å²) in [6.07, 6.45) is 2.76. The average Bonchev–Trinajstić information content (AvgIpc) is 2.99. The highest BCUT2D eigenvalue weighted by Gasteiger charge is 2.47. The number of hydrogen-bond donors (Lipinski definition) is 1. The molecule has 0 radical (unpaired) electrons. The Bertz CT molecular complexity index is 976. The minimum Gasteiger partial charge on any atom is -0.491 e. The van der Waals surface area contributed by atoms with Crippen LogP contribution in [0.5, 0.6) is 5.75 Å². The highest BCUT2D eigenvalue weighted by Crippen LogP contribution is 2.40. The van der Waals surface area contributed by atoms with E-state index in [1.807, 2.05) is 49.1 Å². The predicted octanol–water partition coefficient (Wildman–Crippen LogP) is 4.48. The predicted molar refractivity (Wildman–Crippen MR) is 117 cm³/mol. The Balaban J connectivity index is 1.43. The van der Waals surface area contributed by atoms with Crippen molar-refractivity contribution < 1.29 is 17.9 Å². The Labute approximate surface area is 178 Å². The van der Waals surface area contributed by atoms with Crippen LogP contribution in [0.2, 0.25) is 0 Å². The second-order valence-electron chi connectivity index (χ2n) is 8.36. The van der Waals surface area contributed by atoms with Gasteiger partial charge in [-0.1, -0.05) is 18.2 Å². The number of fused-ring (bicyclic) bond motifs is 2. The lowest BCUT2D eigenvalue weighted by molar-refractivity contribution is 0.160. The van der Waals surface area contributed by atoms with E-state index in [4.69, 9.17) is 4.74 Å². The quantitative estimate of drug-likeness (QED) is 0.762. The summed E-state index contributed by atoms with van der Waals surface area (Å²) in [5, 5.41) is 2.52. The van der Waals surface area contributed by atoms with Crippen molar-refractivity contribution in [1.29, 1.82) is 0 Å². The molecule has 0 spiro atoms. The van der Waals surface area contributed by atoms with Crippen molar-refractivity contribution in [3.63, 3.8) is 0 Å². The third kappa shape index (κ3) is 4.17. The zero-order valence-electron chi connectivity index (χ0n) is 17.3. The third-order valence-corrected chi connectivity index (χ3v) is 8.10. The number of urea groups is 1. The molecule has 7 heteroatoms. The van der Waals surface area contributed by atoms with Crippen molar-refractivity contribution >= 4 is 21.6 Å². The lowest BCUT2D eigenvalue weighted by atomic mass is 10.0. The molecule has 2 heterocycles. The number of piperidine rings is 1. The molecule has 30 heavy (non-hydrogen) atoms. The molecule has 2 amide bonds. The molecular formula is C23H28N2O4S. The van der Waals surface area contributed by atoms with Gasteiger partial charge in [0.15, 0.2) is 9.84 Å². The number of amides is 2. The van der Waals surface area contributed by atoms with Crippen molar-refractivity contribution in [3.8, 4) is 5.75 Å². The standard InChI is InChI=1S/C23H28N2O4S/c1-16(2)29-20-12-8-17(9-13-20)24-23(26)25-18-10-11-19(25)15-22(14-18)30(27,28)21-6-4-3-5-7-21/h3-9,12-13,16,18-19,22H,10-11,14-15H2,1-2H3,(H,24,26). The number of carbonyl (C=O) groups excluding carboxylic acids is 1. The molecule has 4 rings (SSSR count). The first-order chi connectivity index (χ1) is 14.3. The number of ether oxygens (including phenoxy) is 1. The van der Waals surface area contributed by atoms with Gasteiger partial charge in [0, 0.05) is 17.8 Å². The molecule has 2 atom stereocenters. The van der Waals surface area contributed by atoms with Crippen molar-refractivity contribution in [2.24, 2.45) is 0 Å². The van der Waals surface area contributed by atoms with Gasteiger partial charge >= 0.3 is 6.03 Å². The molecule has 2 aromatic rings. The fraction of sp³-hybridized carbons (Fsp3) is 0.435. The van der Waals surface area contributed by atoms with Crippen molar-refractivity contribution in [1.82, 2.24) is 4.90 Å². The molecule has 0 aliphatic carbocycles. The molecule has 0 aromatic heterocycles. The van der Waals surface area contributed by atoms with E-state index < -0.39 is 15.1 Å². The maximum absolute atomic E-state index is 13.1. The largest absolute Gasteiger partial charge is 0.491 e. The van der Waals surface area contributed by atoms with Crippen LogP contribution < -0.4 is 10.1 Å². The van der Waals surface area contributed by atoms with Crippen molar-refractivity contribution in [2.45, 2.75) is 67.9 Å². The molecule has 160 valence electrons. The Morgan fingerprint density at radius 3 is 2.17 bits per heavy atom. The minimum atomic E-state index is -3.38. The molecule has 2 bridgehead atoms. The lowest BCUT2D eigenvalue weighted by Crippen LogP contribution is -2.51. The zero-order chi connectivity index (χ0) is 21.3. The molecule has 2 aliphatic rings. The number of nitrogens with one attached hydrogen (secondary N) is 1. The molecule has 0 saturated carbocycles. The van der Waals surface area contributed by atoms with E-state index in [9.17, 15) is 13.2 Å². The average molecular weight is 429 g/mol. The first-order valence-corrected chi connectivity index (χ1v) is 12.0. The number of anilines is 1. The van der Waals surface area contributed by atoms with Gasteiger partial charge in [-0.25, -0.2) is 13.2 Å². The van der Waals surface area contributed by atoms with Gasteiger partial charge in [0.2, 0.25) is 0 Å². The molecule has 2 aliphatic heterocycles. The summed E-state index contributed by atoms with van der Waals surface area (Å²) in [6, 6.07) is 15.7. The van der Waals surface area contributed by atoms with Crippen LogP contribution in [0.4, 0.5) is 10.5 Å². The first kappa shape index (κ1) is 20.7. The van der Waals surface area contributed by atoms with Crippen LogP contribution in [-0.4, -0.2) is 42.8 Å². The fourth-order valence-electron chi connectivity index (χ4n) is 4.59. The van der Waals surface area contributed by atoms with Crippen LogP contribution in [0.1, 0.15) is 39.5 Å². The Hall–Kier alpha value is -2.54. The summed E-state index contributed by atoms with van der Waals surface area (Å²) >= 11 is 0. The van der Waals surface area contributed by atoms with Crippen LogP contribution in [0.15, 0.2) is 59.5 Å². The van der Waals surface area contributed by atoms with Gasteiger partial charge in [-0.15, -0.1) is 0 Å². The van der Waals surface area contributed by atoms with E-state index in [2.05, 4.69) is 5.32 Å². The van der Waals surface area contributed by atoms with Gasteiger partial charge in [-0.3, -0.25) is 0 Å². The molecule has 2 fully saturated rings. The molecule has 2 unspecified atom stereocenters. The number of sulfone groups is 1. The van der Waals surface area contributed by atoms with Crippen molar-refractivity contribution in [2.75, 3.05) is 5.32 Å². The van der Waals surface area contributed by atoms with Gasteiger partial charge < -0.3 is 15.0 Å². The SMILES string of the molecule is CC(C)Oc1ccc(NC(=O)N2C3CCC2CC(S(=O)(=O)c2ccccc2)C3)cc1. The van der Waals surface area contributed by atoms with Gasteiger partial charge in [0.05, 0.1) is 16.2 Å². The van der Waals surface area contributed by atoms with Crippen LogP contribution in [-0.2, 0) is 9.84 Å². The van der Waals surface area contributed by atoms with Crippen LogP contribution in [0, 0.1) is 0 Å². The van der Waals surface area contributed by atoms with Crippen LogP contribution in [0.25, 0.3) is 0 Å². The van der Waals surface area contributed by atoms with Gasteiger partial charge in [-0.2, -0.15) is 0 Å². The maximum Gasteiger partial charge on any atom is 0.322 e. The number of benzene rings is 2. The number of hydrogen-bond acceptors (Lipinski definition) is 4. The molecule has 1 N–H and O–H groups in total. The van der Waals surface area contributed by atoms with Gasteiger partial charge in [0.25, 0.3) is 0 Å². The summed E-state index contributed by atoms with van der Waals surface area (Å²) in [7, 11) is -3.38. The second-order valence-corrected chi connectivity index (χ2v) is 10.6. The van der Waals surface area contributed by atoms with Crippen molar-refractivity contribution in [3.05, 3.63) is 54.6 Å². The Kier molecular flexibility index (Phi) is 5.73. The highest BCUT2D eigenvalue weighted by molar-refractivity contribution is 7.92. The van der Waals surface area contributed by atoms with E-state index in [0.29, 0.717) is 23.4 Å². The highest BCUT2D eigenvalue weighted by atomic mass is 32.2. The van der Waals surface area contributed by atoms with Crippen LogP contribution >= 0.6 is 0 Å². The van der Waals surface area contributed by atoms with Crippen LogP contribution in [0.3, 0.4) is 0 Å². The summed E-state index contributed by atoms with van der Waals surface area (Å²) < 4.78 is 31.7. The summed E-state index contributed by atoms with van der Waals surface area (Å²) in [5.74, 6) is 0.759. The van der Waals surface area contributed by atoms with E-state index in [0.717, 1.165) is 18.6 Å². The first-order valence-electron chi connectivity index (χ1n) is 10.5. The topological polar surface area (TPSA) is 75.7 Å². The molecule has 2 aromatic carbocycles. The molecule has 6 nitrogen and oxygen atoms in total. The Morgan fingerprint density at radius 1 is 1.00 bits per heavy atom. The van der Waals surface area contributed by atoms with Gasteiger partial charge in [0.1, 0.15) is 5.75 Å². The number of rotatable bonds is 5. The number of nitrogens with zero attached hydrogens (tertiary/aromatic N) is 1. The minimum absolute atomic E-state index is 0.0456. The summed E-state index contributed by atoms with van der Waals surface area (Å²) in [6.45, 7) is 3.93. The van der Waals surface area contributed by atoms with E-state index in [1.165, 1.54) is 0 Å². The third-order valence-electron chi connectivity index (χ3n) is 5.91. The normalized spacial score (nSPS) is 23.4. The monoisotopic (exact) mass is 428 g/mol. The smallest absolute Gasteiger partial charge is 0.322 e. The summed E-state index contributed by atoms with van der Waals surface area (Å²) in [5.41, 5.74) is 0.703. The van der Waals surface area contributed by atoms with Gasteiger partial charge in [-0.05, 0) is 75.9 Å². The molecular weight excluding hydrogens is 400 g/mol. The molecule has 2 saturated heterocycles. The van der Waals surface area contributed by atoms with E-state index in [-0.39, 0.29) is 24.2 Å². The second kappa shape index (κ2) is 8.30. The van der Waals surface area contributed by atoms with E-state index >= 15 is 0 Å². The summed E-state index contributed by atoms with van der Waals surface area (Å²) in [4.78, 5) is 15.2.